The first-order chi connectivity index (χ1) is 18.8. The Bertz CT molecular complexity index is 1270. The molecule has 2 fully saturated rings. The Hall–Kier alpha value is -2.65. The first-order valence-corrected chi connectivity index (χ1v) is 14.9. The summed E-state index contributed by atoms with van der Waals surface area (Å²) in [5.41, 5.74) is 4.80. The summed E-state index contributed by atoms with van der Waals surface area (Å²) < 4.78 is 2.34. The Kier molecular flexibility index (Phi) is 11.6. The number of hydrogen-bond donors (Lipinski definition) is 2. The molecule has 0 spiro atoms. The zero-order valence-corrected chi connectivity index (χ0v) is 25.5. The number of aromatic nitrogens is 4. The van der Waals surface area contributed by atoms with Crippen molar-refractivity contribution in [2.45, 2.75) is 111 Å². The molecule has 0 aromatic carbocycles. The number of carbonyl (C=O) groups is 1. The van der Waals surface area contributed by atoms with E-state index in [9.17, 15) is 9.90 Å². The second-order valence-corrected chi connectivity index (χ2v) is 11.9. The van der Waals surface area contributed by atoms with Crippen molar-refractivity contribution in [2.75, 3.05) is 18.4 Å². The summed E-state index contributed by atoms with van der Waals surface area (Å²) in [6, 6.07) is 4.11. The SMILES string of the molecule is C.CCC[C@H](C)Nc1ncc2c(C3CCN(C(=O)c4cc(C)nc(C)c4)CC3)cn(CC3CCC(O)CC3)c2n1.S. The number of likely N-dealkylation sites (tertiary alicyclic amines) is 1. The van der Waals surface area contributed by atoms with Crippen molar-refractivity contribution in [3.8, 4) is 0 Å². The molecule has 9 heteroatoms. The lowest BCUT2D eigenvalue weighted by Gasteiger charge is -2.32. The quantitative estimate of drug-likeness (QED) is 0.321. The number of aryl methyl sites for hydroxylation is 2. The van der Waals surface area contributed by atoms with Gasteiger partial charge in [-0.3, -0.25) is 9.78 Å². The van der Waals surface area contributed by atoms with Crippen LogP contribution in [0.5, 0.6) is 0 Å². The number of aliphatic hydroxyl groups excluding tert-OH is 1. The van der Waals surface area contributed by atoms with Crippen LogP contribution < -0.4 is 5.32 Å². The van der Waals surface area contributed by atoms with Crippen molar-refractivity contribution >= 4 is 36.4 Å². The lowest BCUT2D eigenvalue weighted by Crippen LogP contribution is -2.38. The molecule has 0 bridgehead atoms. The Morgan fingerprint density at radius 1 is 1.07 bits per heavy atom. The summed E-state index contributed by atoms with van der Waals surface area (Å²) in [7, 11) is 0. The van der Waals surface area contributed by atoms with E-state index in [-0.39, 0.29) is 32.9 Å². The molecule has 1 atom stereocenters. The second-order valence-electron chi connectivity index (χ2n) is 11.9. The van der Waals surface area contributed by atoms with Gasteiger partial charge in [-0.15, -0.1) is 0 Å². The average Bonchev–Trinajstić information content (AvgIpc) is 3.26. The van der Waals surface area contributed by atoms with E-state index in [0.29, 0.717) is 23.8 Å². The van der Waals surface area contributed by atoms with Crippen LogP contribution in [0.25, 0.3) is 11.0 Å². The van der Waals surface area contributed by atoms with Crippen molar-refractivity contribution in [1.29, 1.82) is 0 Å². The number of pyridine rings is 1. The van der Waals surface area contributed by atoms with Gasteiger partial charge in [0, 0.05) is 60.4 Å². The van der Waals surface area contributed by atoms with Crippen LogP contribution in [0.1, 0.15) is 106 Å². The third-order valence-electron chi connectivity index (χ3n) is 8.57. The molecule has 0 radical (unpaired) electrons. The highest BCUT2D eigenvalue weighted by atomic mass is 32.1. The van der Waals surface area contributed by atoms with Gasteiger partial charge in [0.1, 0.15) is 5.65 Å². The molecule has 1 saturated carbocycles. The number of hydrogen-bond acceptors (Lipinski definition) is 6. The minimum atomic E-state index is -0.149. The molecule has 1 saturated heterocycles. The van der Waals surface area contributed by atoms with Crippen LogP contribution in [-0.4, -0.2) is 60.7 Å². The molecular weight excluding hydrogens is 532 g/mol. The molecular formula is C32H50N6O2S. The number of nitrogens with one attached hydrogen (secondary N) is 1. The van der Waals surface area contributed by atoms with E-state index in [2.05, 4.69) is 34.9 Å². The van der Waals surface area contributed by atoms with E-state index >= 15 is 0 Å². The van der Waals surface area contributed by atoms with Crippen LogP contribution >= 0.6 is 13.5 Å². The van der Waals surface area contributed by atoms with Gasteiger partial charge < -0.3 is 19.9 Å². The minimum absolute atomic E-state index is 0. The van der Waals surface area contributed by atoms with Crippen molar-refractivity contribution in [1.82, 2.24) is 24.4 Å². The maximum atomic E-state index is 13.2. The highest BCUT2D eigenvalue weighted by Crippen LogP contribution is 2.36. The number of rotatable bonds is 8. The van der Waals surface area contributed by atoms with Gasteiger partial charge in [-0.1, -0.05) is 20.8 Å². The largest absolute Gasteiger partial charge is 0.393 e. The Labute approximate surface area is 252 Å². The average molecular weight is 583 g/mol. The molecule has 41 heavy (non-hydrogen) atoms. The molecule has 4 heterocycles. The molecule has 0 unspecified atom stereocenters. The molecule has 226 valence electrons. The smallest absolute Gasteiger partial charge is 0.253 e. The van der Waals surface area contributed by atoms with Crippen LogP contribution in [0.15, 0.2) is 24.5 Å². The summed E-state index contributed by atoms with van der Waals surface area (Å²) in [6.45, 7) is 10.7. The molecule has 3 aromatic heterocycles. The molecule has 1 amide bonds. The fourth-order valence-electron chi connectivity index (χ4n) is 6.49. The minimum Gasteiger partial charge on any atom is -0.393 e. The number of amides is 1. The summed E-state index contributed by atoms with van der Waals surface area (Å²) >= 11 is 0. The van der Waals surface area contributed by atoms with E-state index in [1.165, 1.54) is 5.56 Å². The van der Waals surface area contributed by atoms with Gasteiger partial charge in [-0.25, -0.2) is 4.98 Å². The third kappa shape index (κ3) is 7.80. The summed E-state index contributed by atoms with van der Waals surface area (Å²) in [5.74, 6) is 1.71. The molecule has 5 rings (SSSR count). The first kappa shape index (κ1) is 32.9. The van der Waals surface area contributed by atoms with Crippen molar-refractivity contribution < 1.29 is 9.90 Å². The Morgan fingerprint density at radius 3 is 2.37 bits per heavy atom. The molecule has 1 aliphatic heterocycles. The van der Waals surface area contributed by atoms with E-state index in [1.807, 2.05) is 37.1 Å². The molecule has 2 aliphatic rings. The van der Waals surface area contributed by atoms with Crippen molar-refractivity contribution in [3.05, 3.63) is 47.0 Å². The van der Waals surface area contributed by atoms with Gasteiger partial charge >= 0.3 is 0 Å². The maximum Gasteiger partial charge on any atom is 0.253 e. The standard InChI is InChI=1S/C31H44N6O2.CH4.H2S/c1-5-6-20(2)34-31-32-17-27-28(19-37(29(27)35-31)18-23-7-9-26(38)10-8-23)24-11-13-36(14-12-24)30(39)25-15-21(3)33-22(4)16-25;;/h15-17,19-20,23-24,26,38H,5-14,18H2,1-4H3,(H,32,34,35);1H4;1H2/t20-,23?,26?;;/m0../s1. The van der Waals surface area contributed by atoms with Gasteiger partial charge in [-0.2, -0.15) is 18.5 Å². The number of fused-ring (bicyclic) bond motifs is 1. The maximum absolute atomic E-state index is 13.2. The second kappa shape index (κ2) is 14.5. The van der Waals surface area contributed by atoms with Crippen LogP contribution in [0.4, 0.5) is 5.95 Å². The van der Waals surface area contributed by atoms with Crippen LogP contribution in [0.2, 0.25) is 0 Å². The molecule has 8 nitrogen and oxygen atoms in total. The summed E-state index contributed by atoms with van der Waals surface area (Å²) in [4.78, 5) is 29.4. The topological polar surface area (TPSA) is 96.2 Å². The molecule has 1 aliphatic carbocycles. The van der Waals surface area contributed by atoms with Gasteiger partial charge in [0.25, 0.3) is 5.91 Å². The lowest BCUT2D eigenvalue weighted by molar-refractivity contribution is 0.0713. The monoisotopic (exact) mass is 582 g/mol. The van der Waals surface area contributed by atoms with Crippen molar-refractivity contribution in [2.24, 2.45) is 5.92 Å². The van der Waals surface area contributed by atoms with E-state index in [1.54, 1.807) is 0 Å². The Balaban J connectivity index is 0.00000231. The van der Waals surface area contributed by atoms with Crippen LogP contribution in [0.3, 0.4) is 0 Å². The van der Waals surface area contributed by atoms with E-state index < -0.39 is 0 Å². The number of piperidine rings is 1. The zero-order valence-electron chi connectivity index (χ0n) is 24.5. The van der Waals surface area contributed by atoms with Crippen LogP contribution in [0, 0.1) is 19.8 Å². The summed E-state index contributed by atoms with van der Waals surface area (Å²) in [5, 5.41) is 14.6. The van der Waals surface area contributed by atoms with E-state index in [4.69, 9.17) is 9.97 Å². The van der Waals surface area contributed by atoms with Gasteiger partial charge in [0.2, 0.25) is 5.95 Å². The highest BCUT2D eigenvalue weighted by molar-refractivity contribution is 7.59. The first-order valence-electron chi connectivity index (χ1n) is 14.9. The van der Waals surface area contributed by atoms with Crippen LogP contribution in [-0.2, 0) is 6.54 Å². The number of nitrogens with zero attached hydrogens (tertiary/aromatic N) is 5. The fraction of sp³-hybridized carbons (Fsp3) is 0.625. The Morgan fingerprint density at radius 2 is 1.73 bits per heavy atom. The van der Waals surface area contributed by atoms with E-state index in [0.717, 1.165) is 99.0 Å². The zero-order chi connectivity index (χ0) is 27.5. The number of aliphatic hydroxyl groups is 1. The van der Waals surface area contributed by atoms with Gasteiger partial charge in [-0.05, 0) is 95.2 Å². The summed E-state index contributed by atoms with van der Waals surface area (Å²) in [6.07, 6.45) is 12.1. The van der Waals surface area contributed by atoms with Gasteiger partial charge in [0.05, 0.1) is 6.10 Å². The van der Waals surface area contributed by atoms with Crippen molar-refractivity contribution in [3.63, 3.8) is 0 Å². The predicted octanol–water partition coefficient (Wildman–Crippen LogP) is 6.36. The third-order valence-corrected chi connectivity index (χ3v) is 8.57. The molecule has 2 N–H and O–H groups in total. The fourth-order valence-corrected chi connectivity index (χ4v) is 6.49. The predicted molar refractivity (Wildman–Crippen MR) is 172 cm³/mol. The number of anilines is 1. The normalized spacial score (nSPS) is 20.3. The number of carbonyl (C=O) groups excluding carboxylic acids is 1. The van der Waals surface area contributed by atoms with Gasteiger partial charge in [0.15, 0.2) is 0 Å². The highest BCUT2D eigenvalue weighted by Gasteiger charge is 2.28. The lowest BCUT2D eigenvalue weighted by atomic mass is 9.87. The molecule has 3 aromatic rings.